The first kappa shape index (κ1) is 19.7. The summed E-state index contributed by atoms with van der Waals surface area (Å²) in [7, 11) is -3.92. The Morgan fingerprint density at radius 1 is 1.11 bits per heavy atom. The summed E-state index contributed by atoms with van der Waals surface area (Å²) in [5, 5.41) is 8.75. The molecule has 0 bridgehead atoms. The number of fused-ring (bicyclic) bond motifs is 1. The van der Waals surface area contributed by atoms with Crippen LogP contribution in [0.15, 0.2) is 47.4 Å². The summed E-state index contributed by atoms with van der Waals surface area (Å²) in [4.78, 5) is 11.8. The van der Waals surface area contributed by atoms with Crippen molar-refractivity contribution in [3.05, 3.63) is 53.6 Å². The van der Waals surface area contributed by atoms with Gasteiger partial charge in [-0.25, -0.2) is 8.42 Å². The summed E-state index contributed by atoms with van der Waals surface area (Å²) in [6.07, 6.45) is 0.708. The Balaban J connectivity index is 1.56. The predicted molar refractivity (Wildman–Crippen MR) is 98.2 cm³/mol. The molecule has 28 heavy (non-hydrogen) atoms. The van der Waals surface area contributed by atoms with Crippen LogP contribution in [0.2, 0.25) is 0 Å². The molecule has 8 nitrogen and oxygen atoms in total. The highest BCUT2D eigenvalue weighted by molar-refractivity contribution is 7.89. The number of esters is 1. The van der Waals surface area contributed by atoms with Crippen LogP contribution in [0.1, 0.15) is 17.5 Å². The van der Waals surface area contributed by atoms with Crippen molar-refractivity contribution in [2.75, 3.05) is 19.8 Å². The van der Waals surface area contributed by atoms with E-state index < -0.39 is 22.5 Å². The normalized spacial score (nSPS) is 13.2. The second-order valence-electron chi connectivity index (χ2n) is 5.95. The summed E-state index contributed by atoms with van der Waals surface area (Å²) >= 11 is 0. The fourth-order valence-corrected chi connectivity index (χ4v) is 3.42. The zero-order valence-electron chi connectivity index (χ0n) is 14.9. The fourth-order valence-electron chi connectivity index (χ4n) is 2.44. The van der Waals surface area contributed by atoms with Crippen LogP contribution >= 0.6 is 0 Å². The van der Waals surface area contributed by atoms with Crippen molar-refractivity contribution >= 4 is 16.0 Å². The Hall–Kier alpha value is -3.09. The standard InChI is InChI=1S/C19H18N2O6S/c20-11-14-2-4-15(5-3-14)13-27-19(22)12-21-28(23,24)16-6-7-17-18(10-16)26-9-1-8-25-17/h2-7,10,21H,1,8-9,12-13H2. The van der Waals surface area contributed by atoms with Crippen LogP contribution in [0.25, 0.3) is 0 Å². The van der Waals surface area contributed by atoms with E-state index in [2.05, 4.69) is 4.72 Å². The first-order valence-electron chi connectivity index (χ1n) is 8.52. The third kappa shape index (κ3) is 5.00. The smallest absolute Gasteiger partial charge is 0.321 e. The Kier molecular flexibility index (Phi) is 6.13. The molecule has 1 heterocycles. The van der Waals surface area contributed by atoms with Crippen LogP contribution in [0.3, 0.4) is 0 Å². The zero-order valence-corrected chi connectivity index (χ0v) is 15.7. The molecule has 2 aromatic carbocycles. The van der Waals surface area contributed by atoms with Crippen LogP contribution in [0, 0.1) is 11.3 Å². The van der Waals surface area contributed by atoms with Gasteiger partial charge >= 0.3 is 5.97 Å². The van der Waals surface area contributed by atoms with Crippen molar-refractivity contribution in [3.8, 4) is 17.6 Å². The van der Waals surface area contributed by atoms with E-state index in [4.69, 9.17) is 19.5 Å². The molecule has 2 aromatic rings. The number of hydrogen-bond donors (Lipinski definition) is 1. The third-order valence-corrected chi connectivity index (χ3v) is 5.32. The fraction of sp³-hybridized carbons (Fsp3) is 0.263. The molecule has 0 saturated heterocycles. The minimum absolute atomic E-state index is 0.0176. The molecule has 1 aliphatic heterocycles. The minimum atomic E-state index is -3.92. The van der Waals surface area contributed by atoms with Crippen molar-refractivity contribution in [2.45, 2.75) is 17.9 Å². The monoisotopic (exact) mass is 402 g/mol. The molecule has 1 aliphatic rings. The number of carbonyl (C=O) groups is 1. The van der Waals surface area contributed by atoms with E-state index in [1.54, 1.807) is 24.3 Å². The predicted octanol–water partition coefficient (Wildman–Crippen LogP) is 1.74. The molecule has 1 N–H and O–H groups in total. The van der Waals surface area contributed by atoms with E-state index in [-0.39, 0.29) is 11.5 Å². The van der Waals surface area contributed by atoms with Crippen molar-refractivity contribution in [2.24, 2.45) is 0 Å². The van der Waals surface area contributed by atoms with Crippen LogP contribution in [0.4, 0.5) is 0 Å². The number of benzene rings is 2. The number of nitrogens with zero attached hydrogens (tertiary/aromatic N) is 1. The second-order valence-corrected chi connectivity index (χ2v) is 7.72. The van der Waals surface area contributed by atoms with E-state index in [1.165, 1.54) is 18.2 Å². The van der Waals surface area contributed by atoms with Gasteiger partial charge in [0.15, 0.2) is 11.5 Å². The lowest BCUT2D eigenvalue weighted by Crippen LogP contribution is -2.30. The molecule has 0 unspecified atom stereocenters. The van der Waals surface area contributed by atoms with Crippen LogP contribution < -0.4 is 14.2 Å². The molecule has 0 radical (unpaired) electrons. The quantitative estimate of drug-likeness (QED) is 0.732. The van der Waals surface area contributed by atoms with Gasteiger partial charge in [-0.3, -0.25) is 4.79 Å². The van der Waals surface area contributed by atoms with Gasteiger partial charge in [0, 0.05) is 12.5 Å². The molecule has 9 heteroatoms. The van der Waals surface area contributed by atoms with Crippen molar-refractivity contribution in [1.29, 1.82) is 5.26 Å². The summed E-state index contributed by atoms with van der Waals surface area (Å²) in [6.45, 7) is 0.414. The molecule has 0 atom stereocenters. The lowest BCUT2D eigenvalue weighted by atomic mass is 10.2. The van der Waals surface area contributed by atoms with Crippen LogP contribution in [-0.4, -0.2) is 34.1 Å². The molecule has 0 spiro atoms. The Labute approximate surface area is 162 Å². The maximum absolute atomic E-state index is 12.4. The molecule has 3 rings (SSSR count). The lowest BCUT2D eigenvalue weighted by Gasteiger charge is -2.11. The number of nitrogens with one attached hydrogen (secondary N) is 1. The zero-order chi connectivity index (χ0) is 20.0. The highest BCUT2D eigenvalue weighted by Gasteiger charge is 2.20. The Bertz CT molecular complexity index is 996. The number of carbonyl (C=O) groups excluding carboxylic acids is 1. The SMILES string of the molecule is N#Cc1ccc(COC(=O)CNS(=O)(=O)c2ccc3c(c2)OCCCO3)cc1. The van der Waals surface area contributed by atoms with E-state index in [0.29, 0.717) is 42.3 Å². The summed E-state index contributed by atoms with van der Waals surface area (Å²) < 4.78 is 43.0. The molecule has 0 fully saturated rings. The first-order valence-corrected chi connectivity index (χ1v) is 10.0. The van der Waals surface area contributed by atoms with Gasteiger partial charge in [-0.05, 0) is 29.8 Å². The average Bonchev–Trinajstić information content (AvgIpc) is 2.96. The van der Waals surface area contributed by atoms with Gasteiger partial charge in [-0.1, -0.05) is 12.1 Å². The van der Waals surface area contributed by atoms with Gasteiger partial charge in [0.25, 0.3) is 0 Å². The minimum Gasteiger partial charge on any atom is -0.490 e. The maximum Gasteiger partial charge on any atom is 0.321 e. The number of nitriles is 1. The van der Waals surface area contributed by atoms with Gasteiger partial charge in [0.1, 0.15) is 13.2 Å². The summed E-state index contributed by atoms with van der Waals surface area (Å²) in [5.41, 5.74) is 1.19. The number of ether oxygens (including phenoxy) is 3. The van der Waals surface area contributed by atoms with Gasteiger partial charge in [0.05, 0.1) is 29.7 Å². The summed E-state index contributed by atoms with van der Waals surface area (Å²) in [5.74, 6) is 0.115. The van der Waals surface area contributed by atoms with E-state index in [0.717, 1.165) is 0 Å². The van der Waals surface area contributed by atoms with Crippen molar-refractivity contribution < 1.29 is 27.4 Å². The van der Waals surface area contributed by atoms with Gasteiger partial charge in [-0.2, -0.15) is 9.98 Å². The lowest BCUT2D eigenvalue weighted by molar-refractivity contribution is -0.143. The number of hydrogen-bond acceptors (Lipinski definition) is 7. The van der Waals surface area contributed by atoms with Gasteiger partial charge in [0.2, 0.25) is 10.0 Å². The van der Waals surface area contributed by atoms with E-state index in [9.17, 15) is 13.2 Å². The highest BCUT2D eigenvalue weighted by atomic mass is 32.2. The summed E-state index contributed by atoms with van der Waals surface area (Å²) in [6, 6.07) is 12.8. The molecular formula is C19H18N2O6S. The third-order valence-electron chi connectivity index (χ3n) is 3.92. The largest absolute Gasteiger partial charge is 0.490 e. The van der Waals surface area contributed by atoms with E-state index in [1.807, 2.05) is 6.07 Å². The molecular weight excluding hydrogens is 384 g/mol. The van der Waals surface area contributed by atoms with Crippen LogP contribution in [-0.2, 0) is 26.2 Å². The van der Waals surface area contributed by atoms with Crippen LogP contribution in [0.5, 0.6) is 11.5 Å². The number of rotatable bonds is 6. The Morgan fingerprint density at radius 3 is 2.54 bits per heavy atom. The number of sulfonamides is 1. The van der Waals surface area contributed by atoms with Gasteiger partial charge in [-0.15, -0.1) is 0 Å². The second kappa shape index (κ2) is 8.73. The maximum atomic E-state index is 12.4. The molecule has 0 amide bonds. The Morgan fingerprint density at radius 2 is 1.82 bits per heavy atom. The highest BCUT2D eigenvalue weighted by Crippen LogP contribution is 2.31. The van der Waals surface area contributed by atoms with Crippen molar-refractivity contribution in [3.63, 3.8) is 0 Å². The average molecular weight is 402 g/mol. The van der Waals surface area contributed by atoms with E-state index >= 15 is 0 Å². The molecule has 0 aliphatic carbocycles. The first-order chi connectivity index (χ1) is 13.5. The molecule has 0 aromatic heterocycles. The van der Waals surface area contributed by atoms with Gasteiger partial charge < -0.3 is 14.2 Å². The topological polar surface area (TPSA) is 115 Å². The molecule has 0 saturated carbocycles. The van der Waals surface area contributed by atoms with Crippen molar-refractivity contribution in [1.82, 2.24) is 4.72 Å². The molecule has 146 valence electrons.